The highest BCUT2D eigenvalue weighted by Crippen LogP contribution is 2.23. The second kappa shape index (κ2) is 6.79. The van der Waals surface area contributed by atoms with Gasteiger partial charge in [-0.25, -0.2) is 0 Å². The highest BCUT2D eigenvalue weighted by atomic mass is 127. The zero-order valence-corrected chi connectivity index (χ0v) is 14.6. The van der Waals surface area contributed by atoms with E-state index in [0.717, 1.165) is 27.2 Å². The average molecular weight is 412 g/mol. The Bertz CT molecular complexity index is 617. The lowest BCUT2D eigenvalue weighted by Gasteiger charge is -2.28. The van der Waals surface area contributed by atoms with E-state index < -0.39 is 0 Å². The first-order valence-electron chi connectivity index (χ1n) is 7.13. The van der Waals surface area contributed by atoms with Gasteiger partial charge in [0.05, 0.1) is 8.45 Å². The van der Waals surface area contributed by atoms with Crippen molar-refractivity contribution in [3.8, 4) is 0 Å². The Morgan fingerprint density at radius 1 is 1.14 bits per heavy atom. The zero-order chi connectivity index (χ0) is 14.7. The number of nitrogens with one attached hydrogen (secondary N) is 1. The maximum Gasteiger partial charge on any atom is 0.256 e. The van der Waals surface area contributed by atoms with Gasteiger partial charge in [-0.3, -0.25) is 4.79 Å². The molecule has 0 unspecified atom stereocenters. The molecule has 2 heterocycles. The first kappa shape index (κ1) is 14.8. The van der Waals surface area contributed by atoms with Crippen molar-refractivity contribution in [1.29, 1.82) is 0 Å². The van der Waals surface area contributed by atoms with E-state index in [1.165, 1.54) is 24.9 Å². The van der Waals surface area contributed by atoms with Crippen LogP contribution in [0.2, 0.25) is 0 Å². The molecule has 1 amide bonds. The zero-order valence-electron chi connectivity index (χ0n) is 11.6. The summed E-state index contributed by atoms with van der Waals surface area (Å²) in [5, 5.41) is 4.84. The van der Waals surface area contributed by atoms with Crippen LogP contribution in [0.1, 0.15) is 29.6 Å². The first-order chi connectivity index (χ1) is 10.2. The Labute approximate surface area is 142 Å². The van der Waals surface area contributed by atoms with Crippen molar-refractivity contribution in [1.82, 2.24) is 0 Å². The van der Waals surface area contributed by atoms with Crippen LogP contribution in [0.4, 0.5) is 11.4 Å². The number of nitrogens with zero attached hydrogens (tertiary/aromatic N) is 1. The molecule has 1 fully saturated rings. The molecule has 1 aromatic heterocycles. The lowest BCUT2D eigenvalue weighted by Crippen LogP contribution is -2.29. The predicted octanol–water partition coefficient (Wildman–Crippen LogP) is 4.60. The molecule has 110 valence electrons. The van der Waals surface area contributed by atoms with Crippen molar-refractivity contribution in [2.75, 3.05) is 23.3 Å². The molecule has 0 aliphatic carbocycles. The molecule has 1 saturated heterocycles. The van der Waals surface area contributed by atoms with Crippen LogP contribution in [0.3, 0.4) is 0 Å². The van der Waals surface area contributed by atoms with Crippen molar-refractivity contribution >= 4 is 51.2 Å². The lowest BCUT2D eigenvalue weighted by atomic mass is 10.1. The summed E-state index contributed by atoms with van der Waals surface area (Å²) in [5.41, 5.74) is 2.82. The third-order valence-corrected chi connectivity index (χ3v) is 5.47. The molecule has 0 bridgehead atoms. The number of thiophene rings is 1. The minimum Gasteiger partial charge on any atom is -0.372 e. The SMILES string of the molecule is O=C(Nc1ccc(N2CCCCC2)cc1)c1csc(I)c1. The fourth-order valence-corrected chi connectivity index (χ4v) is 3.87. The molecule has 1 aliphatic rings. The van der Waals surface area contributed by atoms with Gasteiger partial charge in [-0.2, -0.15) is 0 Å². The quantitative estimate of drug-likeness (QED) is 0.748. The molecule has 1 aromatic carbocycles. The smallest absolute Gasteiger partial charge is 0.256 e. The first-order valence-corrected chi connectivity index (χ1v) is 9.08. The Balaban J connectivity index is 1.65. The van der Waals surface area contributed by atoms with E-state index in [2.05, 4.69) is 44.9 Å². The highest BCUT2D eigenvalue weighted by Gasteiger charge is 2.11. The predicted molar refractivity (Wildman–Crippen MR) is 97.5 cm³/mol. The van der Waals surface area contributed by atoms with E-state index in [9.17, 15) is 4.79 Å². The fourth-order valence-electron chi connectivity index (χ4n) is 2.54. The van der Waals surface area contributed by atoms with Crippen molar-refractivity contribution in [2.24, 2.45) is 0 Å². The minimum atomic E-state index is -0.0418. The number of carbonyl (C=O) groups is 1. The van der Waals surface area contributed by atoms with Crippen LogP contribution in [-0.4, -0.2) is 19.0 Å². The molecule has 2 aromatic rings. The second-order valence-electron chi connectivity index (χ2n) is 5.19. The summed E-state index contributed by atoms with van der Waals surface area (Å²) >= 11 is 3.81. The van der Waals surface area contributed by atoms with Gasteiger partial charge in [0.2, 0.25) is 0 Å². The van der Waals surface area contributed by atoms with Gasteiger partial charge in [-0.15, -0.1) is 11.3 Å². The van der Waals surface area contributed by atoms with Crippen molar-refractivity contribution in [3.63, 3.8) is 0 Å². The lowest BCUT2D eigenvalue weighted by molar-refractivity contribution is 0.102. The molecular formula is C16H17IN2OS. The third-order valence-electron chi connectivity index (χ3n) is 3.68. The summed E-state index contributed by atoms with van der Waals surface area (Å²) in [6.45, 7) is 2.28. The van der Waals surface area contributed by atoms with Gasteiger partial charge in [0, 0.05) is 29.8 Å². The van der Waals surface area contributed by atoms with Crippen LogP contribution >= 0.6 is 33.9 Å². The molecule has 5 heteroatoms. The van der Waals surface area contributed by atoms with Crippen LogP contribution in [0.5, 0.6) is 0 Å². The number of rotatable bonds is 3. The number of piperidine rings is 1. The molecule has 0 saturated carbocycles. The van der Waals surface area contributed by atoms with Crippen LogP contribution in [0.25, 0.3) is 0 Å². The number of halogens is 1. The van der Waals surface area contributed by atoms with E-state index >= 15 is 0 Å². The Morgan fingerprint density at radius 2 is 1.86 bits per heavy atom. The van der Waals surface area contributed by atoms with E-state index in [1.54, 1.807) is 11.3 Å². The number of amides is 1. The van der Waals surface area contributed by atoms with E-state index in [-0.39, 0.29) is 5.91 Å². The van der Waals surface area contributed by atoms with Crippen LogP contribution in [0.15, 0.2) is 35.7 Å². The summed E-state index contributed by atoms with van der Waals surface area (Å²) in [7, 11) is 0. The Kier molecular flexibility index (Phi) is 4.80. The van der Waals surface area contributed by atoms with Gasteiger partial charge in [0.1, 0.15) is 0 Å². The summed E-state index contributed by atoms with van der Waals surface area (Å²) in [6.07, 6.45) is 3.88. The van der Waals surface area contributed by atoms with Gasteiger partial charge in [-0.05, 0) is 72.2 Å². The van der Waals surface area contributed by atoms with Crippen LogP contribution in [0, 0.1) is 2.88 Å². The Morgan fingerprint density at radius 3 is 2.48 bits per heavy atom. The van der Waals surface area contributed by atoms with Gasteiger partial charge in [0.15, 0.2) is 0 Å². The van der Waals surface area contributed by atoms with Crippen molar-refractivity contribution < 1.29 is 4.79 Å². The normalized spacial score (nSPS) is 15.0. The molecule has 1 N–H and O–H groups in total. The van der Waals surface area contributed by atoms with Crippen LogP contribution in [-0.2, 0) is 0 Å². The van der Waals surface area contributed by atoms with Gasteiger partial charge < -0.3 is 10.2 Å². The number of benzene rings is 1. The van der Waals surface area contributed by atoms with Gasteiger partial charge >= 0.3 is 0 Å². The third kappa shape index (κ3) is 3.77. The number of anilines is 2. The number of hydrogen-bond acceptors (Lipinski definition) is 3. The average Bonchev–Trinajstić information content (AvgIpc) is 2.96. The standard InChI is InChI=1S/C16H17IN2OS/c17-15-10-12(11-21-15)16(20)18-13-4-6-14(7-5-13)19-8-2-1-3-9-19/h4-7,10-11H,1-3,8-9H2,(H,18,20). The minimum absolute atomic E-state index is 0.0418. The molecule has 0 radical (unpaired) electrons. The summed E-state index contributed by atoms with van der Waals surface area (Å²) < 4.78 is 1.12. The number of hydrogen-bond donors (Lipinski definition) is 1. The van der Waals surface area contributed by atoms with Crippen molar-refractivity contribution in [2.45, 2.75) is 19.3 Å². The van der Waals surface area contributed by atoms with E-state index in [0.29, 0.717) is 0 Å². The monoisotopic (exact) mass is 412 g/mol. The fraction of sp³-hybridized carbons (Fsp3) is 0.312. The molecule has 0 atom stereocenters. The summed E-state index contributed by atoms with van der Waals surface area (Å²) in [6, 6.07) is 10.1. The van der Waals surface area contributed by atoms with E-state index in [1.807, 2.05) is 23.6 Å². The van der Waals surface area contributed by atoms with E-state index in [4.69, 9.17) is 0 Å². The molecule has 0 spiro atoms. The molecule has 21 heavy (non-hydrogen) atoms. The maximum absolute atomic E-state index is 12.1. The second-order valence-corrected chi connectivity index (χ2v) is 7.99. The molecule has 3 nitrogen and oxygen atoms in total. The van der Waals surface area contributed by atoms with Crippen molar-refractivity contribution in [3.05, 3.63) is 44.2 Å². The molecule has 3 rings (SSSR count). The number of carbonyl (C=O) groups excluding carboxylic acids is 1. The summed E-state index contributed by atoms with van der Waals surface area (Å²) in [5.74, 6) is -0.0418. The molecular weight excluding hydrogens is 395 g/mol. The maximum atomic E-state index is 12.1. The van der Waals surface area contributed by atoms with Crippen LogP contribution < -0.4 is 10.2 Å². The van der Waals surface area contributed by atoms with Gasteiger partial charge in [0.25, 0.3) is 5.91 Å². The Hall–Kier alpha value is -1.08. The highest BCUT2D eigenvalue weighted by molar-refractivity contribution is 14.1. The topological polar surface area (TPSA) is 32.3 Å². The van der Waals surface area contributed by atoms with Gasteiger partial charge in [-0.1, -0.05) is 0 Å². The molecule has 1 aliphatic heterocycles. The summed E-state index contributed by atoms with van der Waals surface area (Å²) in [4.78, 5) is 14.5. The largest absolute Gasteiger partial charge is 0.372 e.